The largest absolute Gasteiger partial charge is 0.402 e. The number of rotatable bonds is 8. The van der Waals surface area contributed by atoms with Crippen LogP contribution < -0.4 is 5.73 Å². The Labute approximate surface area is 163 Å². The first-order chi connectivity index (χ1) is 12.4. The quantitative estimate of drug-likeness (QED) is 0.477. The van der Waals surface area contributed by atoms with Crippen molar-refractivity contribution in [3.8, 4) is 0 Å². The van der Waals surface area contributed by atoms with E-state index in [-0.39, 0.29) is 0 Å². The Hall–Kier alpha value is -0.980. The minimum Gasteiger partial charge on any atom is -0.402 e. The lowest BCUT2D eigenvalue weighted by Crippen LogP contribution is -2.12. The first kappa shape index (κ1) is 21.3. The Balaban J connectivity index is 2.41. The van der Waals surface area contributed by atoms with Crippen LogP contribution in [0.5, 0.6) is 0 Å². The maximum Gasteiger partial charge on any atom is 0.0107 e. The molecule has 0 amide bonds. The molecule has 0 spiro atoms. The summed E-state index contributed by atoms with van der Waals surface area (Å²) in [4.78, 5) is 0. The number of nitrogens with two attached hydrogens (primary N) is 1. The van der Waals surface area contributed by atoms with Gasteiger partial charge in [0, 0.05) is 5.70 Å². The molecule has 1 nitrogen and oxygen atoms in total. The zero-order chi connectivity index (χ0) is 19.3. The highest BCUT2D eigenvalue weighted by Crippen LogP contribution is 2.44. The van der Waals surface area contributed by atoms with E-state index in [1.54, 1.807) is 16.7 Å². The molecule has 4 unspecified atom stereocenters. The highest BCUT2D eigenvalue weighted by molar-refractivity contribution is 5.40. The third-order valence-electron chi connectivity index (χ3n) is 6.96. The van der Waals surface area contributed by atoms with Crippen molar-refractivity contribution >= 4 is 0 Å². The molecule has 4 atom stereocenters. The Kier molecular flexibility index (Phi) is 8.05. The molecule has 0 aromatic heterocycles. The average molecular weight is 358 g/mol. The maximum absolute atomic E-state index is 6.62. The van der Waals surface area contributed by atoms with Gasteiger partial charge in [0.1, 0.15) is 0 Å². The second kappa shape index (κ2) is 9.81. The SMILES string of the molecule is CCCC(C)C1=C\CC(C)/C(N)=C(/CC)C/C(CCC2CC2C)=C\1CC. The molecule has 2 aliphatic rings. The summed E-state index contributed by atoms with van der Waals surface area (Å²) < 4.78 is 0. The maximum atomic E-state index is 6.62. The van der Waals surface area contributed by atoms with Crippen LogP contribution in [0.1, 0.15) is 99.3 Å². The van der Waals surface area contributed by atoms with E-state index in [1.807, 2.05) is 0 Å². The highest BCUT2D eigenvalue weighted by Gasteiger charge is 2.32. The minimum atomic E-state index is 0.467. The van der Waals surface area contributed by atoms with Crippen molar-refractivity contribution in [3.63, 3.8) is 0 Å². The number of allylic oxidation sites excluding steroid dienone is 6. The molecule has 2 aliphatic carbocycles. The van der Waals surface area contributed by atoms with Gasteiger partial charge in [0.25, 0.3) is 0 Å². The molecule has 1 fully saturated rings. The topological polar surface area (TPSA) is 26.0 Å². The van der Waals surface area contributed by atoms with E-state index >= 15 is 0 Å². The highest BCUT2D eigenvalue weighted by atomic mass is 14.6. The zero-order valence-corrected chi connectivity index (χ0v) is 18.3. The van der Waals surface area contributed by atoms with E-state index < -0.39 is 0 Å². The monoisotopic (exact) mass is 357 g/mol. The van der Waals surface area contributed by atoms with E-state index in [2.05, 4.69) is 47.6 Å². The number of hydrogen-bond donors (Lipinski definition) is 1. The van der Waals surface area contributed by atoms with Crippen LogP contribution in [0.2, 0.25) is 0 Å². The van der Waals surface area contributed by atoms with Gasteiger partial charge in [-0.05, 0) is 91.8 Å². The lowest BCUT2D eigenvalue weighted by atomic mass is 9.83. The van der Waals surface area contributed by atoms with Crippen molar-refractivity contribution in [3.05, 3.63) is 34.1 Å². The van der Waals surface area contributed by atoms with Gasteiger partial charge in [-0.1, -0.05) is 59.6 Å². The van der Waals surface area contributed by atoms with Gasteiger partial charge in [0.15, 0.2) is 0 Å². The molecule has 0 bridgehead atoms. The molecular formula is C25H43N. The summed E-state index contributed by atoms with van der Waals surface area (Å²) in [6.07, 6.45) is 13.7. The summed E-state index contributed by atoms with van der Waals surface area (Å²) in [6, 6.07) is 0. The zero-order valence-electron chi connectivity index (χ0n) is 18.3. The van der Waals surface area contributed by atoms with Crippen molar-refractivity contribution in [2.45, 2.75) is 99.3 Å². The third kappa shape index (κ3) is 5.27. The average Bonchev–Trinajstić information content (AvgIpc) is 3.32. The second-order valence-corrected chi connectivity index (χ2v) is 9.02. The fourth-order valence-corrected chi connectivity index (χ4v) is 4.84. The van der Waals surface area contributed by atoms with Crippen LogP contribution in [-0.4, -0.2) is 0 Å². The molecule has 0 aromatic carbocycles. The Morgan fingerprint density at radius 2 is 1.81 bits per heavy atom. The van der Waals surface area contributed by atoms with Crippen molar-refractivity contribution in [2.24, 2.45) is 29.4 Å². The fourth-order valence-electron chi connectivity index (χ4n) is 4.84. The van der Waals surface area contributed by atoms with Crippen molar-refractivity contribution < 1.29 is 0 Å². The van der Waals surface area contributed by atoms with Crippen molar-refractivity contribution in [2.75, 3.05) is 0 Å². The molecular weight excluding hydrogens is 314 g/mol. The fraction of sp³-hybridized carbons (Fsp3) is 0.760. The van der Waals surface area contributed by atoms with Crippen molar-refractivity contribution in [1.82, 2.24) is 0 Å². The second-order valence-electron chi connectivity index (χ2n) is 9.02. The third-order valence-corrected chi connectivity index (χ3v) is 6.96. The van der Waals surface area contributed by atoms with E-state index in [0.717, 1.165) is 31.1 Å². The van der Waals surface area contributed by atoms with Crippen LogP contribution in [-0.2, 0) is 0 Å². The molecule has 148 valence electrons. The van der Waals surface area contributed by atoms with Gasteiger partial charge in [-0.3, -0.25) is 0 Å². The standard InChI is InChI=1S/C25H43N/c1-7-10-17(4)24-14-11-18(5)25(26)20(8-2)16-22(23(24)9-3)13-12-21-15-19(21)6/h14,17-19,21H,7-13,15-16,26H2,1-6H3/b23-22-,24-14+,25-20+. The predicted octanol–water partition coefficient (Wildman–Crippen LogP) is 7.54. The molecule has 0 aromatic rings. The molecule has 0 heterocycles. The lowest BCUT2D eigenvalue weighted by molar-refractivity contribution is 0.591. The molecule has 1 heteroatoms. The molecule has 0 saturated heterocycles. The van der Waals surface area contributed by atoms with E-state index in [4.69, 9.17) is 5.73 Å². The van der Waals surface area contributed by atoms with Gasteiger partial charge >= 0.3 is 0 Å². The van der Waals surface area contributed by atoms with E-state index in [1.165, 1.54) is 49.8 Å². The van der Waals surface area contributed by atoms with Crippen LogP contribution in [0.25, 0.3) is 0 Å². The Morgan fingerprint density at radius 1 is 1.12 bits per heavy atom. The van der Waals surface area contributed by atoms with Crippen LogP contribution in [0.3, 0.4) is 0 Å². The predicted molar refractivity (Wildman–Crippen MR) is 116 cm³/mol. The van der Waals surface area contributed by atoms with Crippen LogP contribution in [0.15, 0.2) is 34.1 Å². The normalized spacial score (nSPS) is 35.9. The van der Waals surface area contributed by atoms with Gasteiger partial charge in [-0.15, -0.1) is 0 Å². The van der Waals surface area contributed by atoms with Crippen LogP contribution in [0, 0.1) is 23.7 Å². The van der Waals surface area contributed by atoms with Crippen LogP contribution >= 0.6 is 0 Å². The summed E-state index contributed by atoms with van der Waals surface area (Å²) >= 11 is 0. The van der Waals surface area contributed by atoms with E-state index in [9.17, 15) is 0 Å². The van der Waals surface area contributed by atoms with Crippen molar-refractivity contribution in [1.29, 1.82) is 0 Å². The van der Waals surface area contributed by atoms with Gasteiger partial charge in [-0.25, -0.2) is 0 Å². The summed E-state index contributed by atoms with van der Waals surface area (Å²) in [6.45, 7) is 14.1. The first-order valence-corrected chi connectivity index (χ1v) is 11.3. The molecule has 0 aliphatic heterocycles. The lowest BCUT2D eigenvalue weighted by Gasteiger charge is -2.23. The molecule has 2 N–H and O–H groups in total. The first-order valence-electron chi connectivity index (χ1n) is 11.3. The summed E-state index contributed by atoms with van der Waals surface area (Å²) in [7, 11) is 0. The molecule has 0 radical (unpaired) electrons. The summed E-state index contributed by atoms with van der Waals surface area (Å²) in [5.41, 5.74) is 14.3. The van der Waals surface area contributed by atoms with Gasteiger partial charge in [0.05, 0.1) is 0 Å². The van der Waals surface area contributed by atoms with Gasteiger partial charge in [0.2, 0.25) is 0 Å². The molecule has 26 heavy (non-hydrogen) atoms. The summed E-state index contributed by atoms with van der Waals surface area (Å²) in [5, 5.41) is 0. The summed E-state index contributed by atoms with van der Waals surface area (Å²) in [5.74, 6) is 3.06. The smallest absolute Gasteiger partial charge is 0.0107 e. The molecule has 2 rings (SSSR count). The number of hydrogen-bond acceptors (Lipinski definition) is 1. The Bertz CT molecular complexity index is 563. The minimum absolute atomic E-state index is 0.467. The van der Waals surface area contributed by atoms with Gasteiger partial charge < -0.3 is 5.73 Å². The Morgan fingerprint density at radius 3 is 2.35 bits per heavy atom. The van der Waals surface area contributed by atoms with Gasteiger partial charge in [-0.2, -0.15) is 0 Å². The van der Waals surface area contributed by atoms with Crippen LogP contribution in [0.4, 0.5) is 0 Å². The van der Waals surface area contributed by atoms with E-state index in [0.29, 0.717) is 11.8 Å². The molecule has 1 saturated carbocycles.